The van der Waals surface area contributed by atoms with Gasteiger partial charge in [-0.25, -0.2) is 0 Å². The van der Waals surface area contributed by atoms with E-state index in [1.165, 1.54) is 0 Å². The van der Waals surface area contributed by atoms with Gasteiger partial charge in [0.25, 0.3) is 0 Å². The monoisotopic (exact) mass is 357 g/mol. The van der Waals surface area contributed by atoms with E-state index in [1.807, 2.05) is 36.2 Å². The fourth-order valence-electron chi connectivity index (χ4n) is 3.25. The second-order valence-electron chi connectivity index (χ2n) is 6.40. The predicted molar refractivity (Wildman–Crippen MR) is 101 cm³/mol. The lowest BCUT2D eigenvalue weighted by atomic mass is 10.2. The third-order valence-corrected chi connectivity index (χ3v) is 4.92. The van der Waals surface area contributed by atoms with Crippen molar-refractivity contribution in [1.82, 2.24) is 24.9 Å². The van der Waals surface area contributed by atoms with Crippen molar-refractivity contribution >= 4 is 17.5 Å². The molecule has 1 fully saturated rings. The Bertz CT molecular complexity index is 689. The van der Waals surface area contributed by atoms with Crippen LogP contribution in [0.25, 0.3) is 0 Å². The SMILES string of the molecule is CCN(CC)c1ccc(N2CCN(C(=O)C(C)n3cccn3)CC2)nn1. The van der Waals surface area contributed by atoms with E-state index in [-0.39, 0.29) is 11.9 Å². The molecule has 8 heteroatoms. The number of nitrogens with zero attached hydrogens (tertiary/aromatic N) is 7. The van der Waals surface area contributed by atoms with Crippen LogP contribution >= 0.6 is 0 Å². The summed E-state index contributed by atoms with van der Waals surface area (Å²) in [4.78, 5) is 18.9. The maximum atomic E-state index is 12.6. The average molecular weight is 357 g/mol. The van der Waals surface area contributed by atoms with Gasteiger partial charge in [0.05, 0.1) is 0 Å². The van der Waals surface area contributed by atoms with Gasteiger partial charge in [0.1, 0.15) is 6.04 Å². The van der Waals surface area contributed by atoms with Gasteiger partial charge in [0.2, 0.25) is 5.91 Å². The Labute approximate surface area is 154 Å². The lowest BCUT2D eigenvalue weighted by Crippen LogP contribution is -2.50. The number of piperazine rings is 1. The molecule has 3 rings (SSSR count). The number of amides is 1. The van der Waals surface area contributed by atoms with Gasteiger partial charge in [-0.3, -0.25) is 9.48 Å². The highest BCUT2D eigenvalue weighted by atomic mass is 16.2. The molecule has 1 aliphatic rings. The zero-order chi connectivity index (χ0) is 18.5. The predicted octanol–water partition coefficient (Wildman–Crippen LogP) is 1.43. The maximum Gasteiger partial charge on any atom is 0.247 e. The van der Waals surface area contributed by atoms with Crippen LogP contribution in [0.2, 0.25) is 0 Å². The van der Waals surface area contributed by atoms with Crippen molar-refractivity contribution < 1.29 is 4.79 Å². The third kappa shape index (κ3) is 3.79. The zero-order valence-corrected chi connectivity index (χ0v) is 15.7. The van der Waals surface area contributed by atoms with Crippen LogP contribution in [0.4, 0.5) is 11.6 Å². The zero-order valence-electron chi connectivity index (χ0n) is 15.7. The van der Waals surface area contributed by atoms with Crippen LogP contribution in [0.5, 0.6) is 0 Å². The van der Waals surface area contributed by atoms with Gasteiger partial charge in [0, 0.05) is 51.7 Å². The average Bonchev–Trinajstić information content (AvgIpc) is 3.23. The lowest BCUT2D eigenvalue weighted by molar-refractivity contribution is -0.134. The minimum absolute atomic E-state index is 0.108. The van der Waals surface area contributed by atoms with Crippen molar-refractivity contribution in [1.29, 1.82) is 0 Å². The van der Waals surface area contributed by atoms with E-state index in [0.29, 0.717) is 13.1 Å². The Kier molecular flexibility index (Phi) is 5.70. The van der Waals surface area contributed by atoms with E-state index in [1.54, 1.807) is 10.9 Å². The van der Waals surface area contributed by atoms with Crippen molar-refractivity contribution in [2.45, 2.75) is 26.8 Å². The summed E-state index contributed by atoms with van der Waals surface area (Å²) in [5, 5.41) is 12.9. The summed E-state index contributed by atoms with van der Waals surface area (Å²) in [6, 6.07) is 5.60. The van der Waals surface area contributed by atoms with Crippen LogP contribution in [0, 0.1) is 0 Å². The highest BCUT2D eigenvalue weighted by molar-refractivity contribution is 5.80. The first-order chi connectivity index (χ1) is 12.6. The number of rotatable bonds is 6. The molecule has 0 N–H and O–H groups in total. The van der Waals surface area contributed by atoms with Gasteiger partial charge < -0.3 is 14.7 Å². The van der Waals surface area contributed by atoms with E-state index < -0.39 is 0 Å². The van der Waals surface area contributed by atoms with Crippen molar-refractivity contribution in [2.75, 3.05) is 49.1 Å². The van der Waals surface area contributed by atoms with Gasteiger partial charge in [-0.05, 0) is 39.0 Å². The molecule has 0 aromatic carbocycles. The summed E-state index contributed by atoms with van der Waals surface area (Å²) in [6.07, 6.45) is 3.52. The van der Waals surface area contributed by atoms with Gasteiger partial charge in [0.15, 0.2) is 11.6 Å². The Morgan fingerprint density at radius 3 is 2.42 bits per heavy atom. The summed E-state index contributed by atoms with van der Waals surface area (Å²) >= 11 is 0. The number of carbonyl (C=O) groups is 1. The van der Waals surface area contributed by atoms with E-state index in [9.17, 15) is 4.79 Å². The summed E-state index contributed by atoms with van der Waals surface area (Å²) in [7, 11) is 0. The second-order valence-corrected chi connectivity index (χ2v) is 6.40. The van der Waals surface area contributed by atoms with E-state index in [0.717, 1.165) is 37.8 Å². The molecule has 1 unspecified atom stereocenters. The molecule has 140 valence electrons. The third-order valence-electron chi connectivity index (χ3n) is 4.92. The number of carbonyl (C=O) groups excluding carboxylic acids is 1. The first-order valence-electron chi connectivity index (χ1n) is 9.25. The Morgan fingerprint density at radius 1 is 1.15 bits per heavy atom. The molecule has 2 aromatic rings. The van der Waals surface area contributed by atoms with Crippen molar-refractivity contribution in [3.8, 4) is 0 Å². The highest BCUT2D eigenvalue weighted by Crippen LogP contribution is 2.18. The Balaban J connectivity index is 1.57. The summed E-state index contributed by atoms with van der Waals surface area (Å²) in [6.45, 7) is 10.8. The molecule has 1 saturated heterocycles. The highest BCUT2D eigenvalue weighted by Gasteiger charge is 2.26. The first kappa shape index (κ1) is 18.2. The lowest BCUT2D eigenvalue weighted by Gasteiger charge is -2.36. The van der Waals surface area contributed by atoms with Gasteiger partial charge >= 0.3 is 0 Å². The second kappa shape index (κ2) is 8.16. The maximum absolute atomic E-state index is 12.6. The summed E-state index contributed by atoms with van der Waals surface area (Å²) in [5.41, 5.74) is 0. The van der Waals surface area contributed by atoms with Crippen molar-refractivity contribution in [3.63, 3.8) is 0 Å². The molecular weight excluding hydrogens is 330 g/mol. The molecule has 1 amide bonds. The summed E-state index contributed by atoms with van der Waals surface area (Å²) < 4.78 is 1.70. The Hall–Kier alpha value is -2.64. The molecule has 1 atom stereocenters. The number of aromatic nitrogens is 4. The molecular formula is C18H27N7O. The fourth-order valence-corrected chi connectivity index (χ4v) is 3.25. The van der Waals surface area contributed by atoms with Crippen LogP contribution in [0.15, 0.2) is 30.6 Å². The van der Waals surface area contributed by atoms with Crippen LogP contribution in [-0.4, -0.2) is 70.1 Å². The van der Waals surface area contributed by atoms with E-state index in [2.05, 4.69) is 38.9 Å². The molecule has 0 aliphatic carbocycles. The first-order valence-corrected chi connectivity index (χ1v) is 9.25. The summed E-state index contributed by atoms with van der Waals surface area (Å²) in [5.74, 6) is 1.88. The number of hydrogen-bond acceptors (Lipinski definition) is 6. The van der Waals surface area contributed by atoms with Crippen LogP contribution in [0.1, 0.15) is 26.8 Å². The van der Waals surface area contributed by atoms with Gasteiger partial charge in [-0.1, -0.05) is 0 Å². The molecule has 2 aromatic heterocycles. The van der Waals surface area contributed by atoms with E-state index >= 15 is 0 Å². The molecule has 0 spiro atoms. The minimum atomic E-state index is -0.273. The Morgan fingerprint density at radius 2 is 1.88 bits per heavy atom. The van der Waals surface area contributed by atoms with Crippen molar-refractivity contribution in [2.24, 2.45) is 0 Å². The normalized spacial score (nSPS) is 15.8. The molecule has 1 aliphatic heterocycles. The largest absolute Gasteiger partial charge is 0.356 e. The molecule has 0 bridgehead atoms. The molecule has 26 heavy (non-hydrogen) atoms. The van der Waals surface area contributed by atoms with Crippen molar-refractivity contribution in [3.05, 3.63) is 30.6 Å². The molecule has 8 nitrogen and oxygen atoms in total. The smallest absolute Gasteiger partial charge is 0.247 e. The van der Waals surface area contributed by atoms with Gasteiger partial charge in [-0.15, -0.1) is 10.2 Å². The molecule has 0 radical (unpaired) electrons. The van der Waals surface area contributed by atoms with Crippen LogP contribution in [-0.2, 0) is 4.79 Å². The minimum Gasteiger partial charge on any atom is -0.356 e. The van der Waals surface area contributed by atoms with Crippen LogP contribution in [0.3, 0.4) is 0 Å². The van der Waals surface area contributed by atoms with Crippen LogP contribution < -0.4 is 9.80 Å². The fraction of sp³-hybridized carbons (Fsp3) is 0.556. The van der Waals surface area contributed by atoms with Gasteiger partial charge in [-0.2, -0.15) is 5.10 Å². The van der Waals surface area contributed by atoms with E-state index in [4.69, 9.17) is 0 Å². The topological polar surface area (TPSA) is 70.4 Å². The molecule has 0 saturated carbocycles. The molecule has 3 heterocycles. The number of anilines is 2. The quantitative estimate of drug-likeness (QED) is 0.779. The number of hydrogen-bond donors (Lipinski definition) is 0. The standard InChI is InChI=1S/C18H27N7O/c1-4-22(5-2)16-7-8-17(21-20-16)23-11-13-24(14-12-23)18(26)15(3)25-10-6-9-19-25/h6-10,15H,4-5,11-14H2,1-3H3.